The summed E-state index contributed by atoms with van der Waals surface area (Å²) in [5, 5.41) is 0.600. The summed E-state index contributed by atoms with van der Waals surface area (Å²) in [5.74, 6) is 0. The molecule has 0 unspecified atom stereocenters. The van der Waals surface area contributed by atoms with Crippen LogP contribution in [0.5, 0.6) is 0 Å². The van der Waals surface area contributed by atoms with Gasteiger partial charge in [0, 0.05) is 6.20 Å². The first-order chi connectivity index (χ1) is 3.39. The first-order valence-corrected chi connectivity index (χ1v) is 2.29. The van der Waals surface area contributed by atoms with Crippen molar-refractivity contribution in [2.24, 2.45) is 0 Å². The van der Waals surface area contributed by atoms with Gasteiger partial charge in [0.25, 0.3) is 0 Å². The van der Waals surface area contributed by atoms with Gasteiger partial charge in [-0.2, -0.15) is 0 Å². The van der Waals surface area contributed by atoms with Crippen molar-refractivity contribution < 1.29 is 0 Å². The average molecular weight is 109 g/mol. The van der Waals surface area contributed by atoms with E-state index in [-0.39, 0.29) is 0 Å². The van der Waals surface area contributed by atoms with Gasteiger partial charge < -0.3 is 0 Å². The average Bonchev–Trinajstić information content (AvgIpc) is 1.69. The van der Waals surface area contributed by atoms with E-state index in [4.69, 9.17) is 0 Å². The minimum atomic E-state index is 0.600. The lowest BCUT2D eigenvalue weighted by atomic mass is 10.5. The lowest BCUT2D eigenvalue weighted by Crippen LogP contribution is -1.68. The van der Waals surface area contributed by atoms with E-state index in [1.54, 1.807) is 18.3 Å². The number of rotatable bonds is 0. The molecule has 0 bridgehead atoms. The van der Waals surface area contributed by atoms with Crippen molar-refractivity contribution in [1.82, 2.24) is 4.98 Å². The minimum Gasteiger partial charge on any atom is -0.245 e. The van der Waals surface area contributed by atoms with Crippen LogP contribution in [-0.4, -0.2) is 4.98 Å². The van der Waals surface area contributed by atoms with Gasteiger partial charge in [0.05, 0.1) is 0 Å². The zero-order chi connectivity index (χ0) is 5.11. The number of hydrogen-bond donors (Lipinski definition) is 0. The zero-order valence-electron chi connectivity index (χ0n) is 3.59. The molecule has 7 heavy (non-hydrogen) atoms. The molecule has 0 saturated heterocycles. The maximum atomic E-state index is 4.67. The number of pyridine rings is 1. The molecule has 1 nitrogen and oxygen atoms in total. The Hall–Kier alpha value is -0.630. The highest BCUT2D eigenvalue weighted by atomic mass is 32.1. The quantitative estimate of drug-likeness (QED) is 0.491. The third-order valence-corrected chi connectivity index (χ3v) is 0.803. The van der Waals surface area contributed by atoms with E-state index in [0.29, 0.717) is 5.03 Å². The second kappa shape index (κ2) is 1.89. The van der Waals surface area contributed by atoms with Crippen molar-refractivity contribution in [3.63, 3.8) is 0 Å². The van der Waals surface area contributed by atoms with Crippen LogP contribution in [0.25, 0.3) is 0 Å². The first kappa shape index (κ1) is 4.53. The van der Waals surface area contributed by atoms with Crippen molar-refractivity contribution in [2.45, 2.75) is 5.03 Å². The van der Waals surface area contributed by atoms with Crippen LogP contribution in [-0.2, 0) is 0 Å². The normalized spacial score (nSPS) is 8.57. The SMILES string of the molecule is [S]c1c[c]ccn1. The predicted octanol–water partition coefficient (Wildman–Crippen LogP) is 1.44. The molecule has 0 saturated carbocycles. The van der Waals surface area contributed by atoms with Gasteiger partial charge in [-0.3, -0.25) is 0 Å². The van der Waals surface area contributed by atoms with Crippen LogP contribution in [0.3, 0.4) is 0 Å². The standard InChI is InChI=1S/C5H3NS/c7-5-3-1-2-4-6-5/h2-4H. The Morgan fingerprint density at radius 1 is 1.71 bits per heavy atom. The Balaban J connectivity index is 3.02. The van der Waals surface area contributed by atoms with Gasteiger partial charge in [-0.15, -0.1) is 0 Å². The van der Waals surface area contributed by atoms with Crippen molar-refractivity contribution in [3.8, 4) is 0 Å². The molecule has 1 aromatic rings. The minimum absolute atomic E-state index is 0.600. The Kier molecular flexibility index (Phi) is 1.22. The third-order valence-electron chi connectivity index (χ3n) is 0.579. The molecule has 1 aromatic heterocycles. The number of nitrogens with zero attached hydrogens (tertiary/aromatic N) is 1. The summed E-state index contributed by atoms with van der Waals surface area (Å²) >= 11 is 4.67. The lowest BCUT2D eigenvalue weighted by molar-refractivity contribution is 1.14. The number of hydrogen-bond acceptors (Lipinski definition) is 1. The van der Waals surface area contributed by atoms with Gasteiger partial charge >= 0.3 is 0 Å². The van der Waals surface area contributed by atoms with E-state index in [2.05, 4.69) is 23.7 Å². The van der Waals surface area contributed by atoms with E-state index >= 15 is 0 Å². The summed E-state index contributed by atoms with van der Waals surface area (Å²) in [6.07, 6.45) is 1.63. The molecule has 0 amide bonds. The molecule has 0 aromatic carbocycles. The molecular formula is C5H3NS. The Morgan fingerprint density at radius 2 is 2.57 bits per heavy atom. The van der Waals surface area contributed by atoms with Crippen LogP contribution < -0.4 is 0 Å². The van der Waals surface area contributed by atoms with Gasteiger partial charge in [0.15, 0.2) is 0 Å². The Labute approximate surface area is 47.8 Å². The van der Waals surface area contributed by atoms with Crippen molar-refractivity contribution in [3.05, 3.63) is 24.4 Å². The van der Waals surface area contributed by atoms with E-state index in [1.807, 2.05) is 0 Å². The monoisotopic (exact) mass is 109 g/mol. The second-order valence-electron chi connectivity index (χ2n) is 1.09. The lowest BCUT2D eigenvalue weighted by Gasteiger charge is -1.78. The smallest absolute Gasteiger partial charge is 0.126 e. The van der Waals surface area contributed by atoms with Crippen LogP contribution in [0, 0.1) is 6.07 Å². The molecule has 0 aliphatic heterocycles. The molecule has 34 valence electrons. The predicted molar refractivity (Wildman–Crippen MR) is 28.9 cm³/mol. The molecule has 2 radical (unpaired) electrons. The van der Waals surface area contributed by atoms with Gasteiger partial charge in [-0.25, -0.2) is 4.98 Å². The maximum absolute atomic E-state index is 4.67. The third kappa shape index (κ3) is 1.12. The van der Waals surface area contributed by atoms with Crippen molar-refractivity contribution >= 4 is 12.6 Å². The van der Waals surface area contributed by atoms with E-state index in [0.717, 1.165) is 0 Å². The molecule has 0 aliphatic rings. The molecule has 0 fully saturated rings. The fraction of sp³-hybridized carbons (Fsp3) is 0. The van der Waals surface area contributed by atoms with Crippen LogP contribution in [0.1, 0.15) is 0 Å². The summed E-state index contributed by atoms with van der Waals surface area (Å²) < 4.78 is 0. The molecule has 1 rings (SSSR count). The largest absolute Gasteiger partial charge is 0.245 e. The van der Waals surface area contributed by atoms with E-state index in [9.17, 15) is 0 Å². The summed E-state index contributed by atoms with van der Waals surface area (Å²) in [5.41, 5.74) is 0. The summed E-state index contributed by atoms with van der Waals surface area (Å²) in [7, 11) is 0. The summed E-state index contributed by atoms with van der Waals surface area (Å²) in [6, 6.07) is 6.17. The fourth-order valence-electron chi connectivity index (χ4n) is 0.310. The highest BCUT2D eigenvalue weighted by molar-refractivity contribution is 7.80. The summed E-state index contributed by atoms with van der Waals surface area (Å²) in [4.78, 5) is 3.76. The van der Waals surface area contributed by atoms with Crippen LogP contribution in [0.2, 0.25) is 0 Å². The molecule has 2 heteroatoms. The topological polar surface area (TPSA) is 12.9 Å². The molecule has 1 heterocycles. The highest BCUT2D eigenvalue weighted by Crippen LogP contribution is 1.94. The molecular weight excluding hydrogens is 106 g/mol. The second-order valence-corrected chi connectivity index (χ2v) is 1.51. The van der Waals surface area contributed by atoms with E-state index < -0.39 is 0 Å². The van der Waals surface area contributed by atoms with Gasteiger partial charge in [0.1, 0.15) is 5.03 Å². The highest BCUT2D eigenvalue weighted by Gasteiger charge is 1.77. The van der Waals surface area contributed by atoms with Crippen LogP contribution in [0.15, 0.2) is 23.4 Å². The Bertz CT molecular complexity index is 138. The number of aromatic nitrogens is 1. The van der Waals surface area contributed by atoms with Crippen molar-refractivity contribution in [1.29, 1.82) is 0 Å². The fourth-order valence-corrected chi connectivity index (χ4v) is 0.439. The van der Waals surface area contributed by atoms with Crippen LogP contribution in [0.4, 0.5) is 0 Å². The molecule has 0 spiro atoms. The molecule has 0 atom stereocenters. The van der Waals surface area contributed by atoms with Crippen molar-refractivity contribution in [2.75, 3.05) is 0 Å². The molecule has 0 aliphatic carbocycles. The zero-order valence-corrected chi connectivity index (χ0v) is 4.40. The van der Waals surface area contributed by atoms with Gasteiger partial charge in [0.2, 0.25) is 0 Å². The van der Waals surface area contributed by atoms with Gasteiger partial charge in [-0.1, -0.05) is 12.6 Å². The Morgan fingerprint density at radius 3 is 2.86 bits per heavy atom. The van der Waals surface area contributed by atoms with E-state index in [1.165, 1.54) is 0 Å². The summed E-state index contributed by atoms with van der Waals surface area (Å²) in [6.45, 7) is 0. The maximum Gasteiger partial charge on any atom is 0.126 e. The first-order valence-electron chi connectivity index (χ1n) is 1.89. The van der Waals surface area contributed by atoms with Crippen LogP contribution >= 0.6 is 12.6 Å². The molecule has 0 N–H and O–H groups in total. The van der Waals surface area contributed by atoms with Gasteiger partial charge in [-0.05, 0) is 18.2 Å².